The molecule has 5 nitrogen and oxygen atoms in total. The summed E-state index contributed by atoms with van der Waals surface area (Å²) in [5, 5.41) is 6.06. The summed E-state index contributed by atoms with van der Waals surface area (Å²) < 4.78 is 5.50. The third-order valence-corrected chi connectivity index (χ3v) is 2.75. The van der Waals surface area contributed by atoms with Crippen LogP contribution in [0.4, 0.5) is 0 Å². The molecule has 2 atom stereocenters. The van der Waals surface area contributed by atoms with Crippen LogP contribution in [0.15, 0.2) is 0 Å². The van der Waals surface area contributed by atoms with Gasteiger partial charge in [0.1, 0.15) is 0 Å². The van der Waals surface area contributed by atoms with Crippen LogP contribution in [0, 0.1) is 0 Å². The molecule has 1 amide bonds. The zero-order valence-electron chi connectivity index (χ0n) is 10.00. The summed E-state index contributed by atoms with van der Waals surface area (Å²) in [5.41, 5.74) is 5.62. The Morgan fingerprint density at radius 1 is 1.62 bits per heavy atom. The maximum absolute atomic E-state index is 11.4. The van der Waals surface area contributed by atoms with Gasteiger partial charge >= 0.3 is 0 Å². The summed E-state index contributed by atoms with van der Waals surface area (Å²) in [6, 6.07) is 0.0516. The zero-order chi connectivity index (χ0) is 11.8. The van der Waals surface area contributed by atoms with Gasteiger partial charge < -0.3 is 21.1 Å². The molecule has 1 aliphatic rings. The number of carbonyl (C=O) groups excluding carboxylic acids is 1. The van der Waals surface area contributed by atoms with Crippen LogP contribution in [0.25, 0.3) is 0 Å². The molecule has 1 heterocycles. The van der Waals surface area contributed by atoms with Crippen molar-refractivity contribution in [2.45, 2.75) is 38.3 Å². The number of hydrogen-bond acceptors (Lipinski definition) is 4. The lowest BCUT2D eigenvalue weighted by molar-refractivity contribution is -0.121. The Morgan fingerprint density at radius 3 is 3.00 bits per heavy atom. The van der Waals surface area contributed by atoms with Crippen molar-refractivity contribution in [1.29, 1.82) is 0 Å². The standard InChI is InChI=1S/C11H23N3O2/c1-2-13-11(15)6-9(7-12)14-8-10-4-3-5-16-10/h9-10,14H,2-8,12H2,1H3,(H,13,15). The molecule has 0 saturated carbocycles. The fourth-order valence-corrected chi connectivity index (χ4v) is 1.84. The highest BCUT2D eigenvalue weighted by Gasteiger charge is 2.18. The van der Waals surface area contributed by atoms with E-state index < -0.39 is 0 Å². The molecule has 5 heteroatoms. The monoisotopic (exact) mass is 229 g/mol. The summed E-state index contributed by atoms with van der Waals surface area (Å²) >= 11 is 0. The highest BCUT2D eigenvalue weighted by atomic mass is 16.5. The Bertz CT molecular complexity index is 205. The molecule has 0 aromatic rings. The Hall–Kier alpha value is -0.650. The lowest BCUT2D eigenvalue weighted by Crippen LogP contribution is -2.43. The molecule has 94 valence electrons. The maximum atomic E-state index is 11.4. The molecule has 0 bridgehead atoms. The van der Waals surface area contributed by atoms with E-state index in [0.29, 0.717) is 25.6 Å². The van der Waals surface area contributed by atoms with Gasteiger partial charge in [0.05, 0.1) is 6.10 Å². The number of nitrogens with two attached hydrogens (primary N) is 1. The van der Waals surface area contributed by atoms with E-state index in [4.69, 9.17) is 10.5 Å². The van der Waals surface area contributed by atoms with E-state index in [1.807, 2.05) is 6.92 Å². The molecule has 1 saturated heterocycles. The lowest BCUT2D eigenvalue weighted by atomic mass is 10.1. The van der Waals surface area contributed by atoms with Gasteiger partial charge in [0.2, 0.25) is 5.91 Å². The van der Waals surface area contributed by atoms with Gasteiger partial charge in [0.15, 0.2) is 0 Å². The van der Waals surface area contributed by atoms with Crippen LogP contribution in [0.5, 0.6) is 0 Å². The van der Waals surface area contributed by atoms with Crippen LogP contribution in [-0.4, -0.2) is 44.3 Å². The van der Waals surface area contributed by atoms with E-state index in [1.54, 1.807) is 0 Å². The zero-order valence-corrected chi connectivity index (χ0v) is 10.00. The molecule has 16 heavy (non-hydrogen) atoms. The Labute approximate surface area is 97.1 Å². The molecule has 0 aromatic carbocycles. The number of hydrogen-bond donors (Lipinski definition) is 3. The number of rotatable bonds is 7. The molecule has 1 aliphatic heterocycles. The first-order valence-corrected chi connectivity index (χ1v) is 6.08. The highest BCUT2D eigenvalue weighted by molar-refractivity contribution is 5.76. The number of ether oxygens (including phenoxy) is 1. The second-order valence-corrected chi connectivity index (χ2v) is 4.13. The minimum absolute atomic E-state index is 0.0516. The maximum Gasteiger partial charge on any atom is 0.221 e. The second-order valence-electron chi connectivity index (χ2n) is 4.13. The number of nitrogens with one attached hydrogen (secondary N) is 2. The van der Waals surface area contributed by atoms with Gasteiger partial charge in [-0.15, -0.1) is 0 Å². The second kappa shape index (κ2) is 7.60. The van der Waals surface area contributed by atoms with Crippen molar-refractivity contribution in [2.75, 3.05) is 26.2 Å². The topological polar surface area (TPSA) is 76.4 Å². The quantitative estimate of drug-likeness (QED) is 0.555. The minimum Gasteiger partial charge on any atom is -0.377 e. The highest BCUT2D eigenvalue weighted by Crippen LogP contribution is 2.10. The van der Waals surface area contributed by atoms with Crippen molar-refractivity contribution in [1.82, 2.24) is 10.6 Å². The molecule has 1 fully saturated rings. The summed E-state index contributed by atoms with van der Waals surface area (Å²) in [6.07, 6.45) is 2.97. The van der Waals surface area contributed by atoms with E-state index in [0.717, 1.165) is 26.0 Å². The largest absolute Gasteiger partial charge is 0.377 e. The number of amides is 1. The smallest absolute Gasteiger partial charge is 0.221 e. The predicted molar refractivity (Wildman–Crippen MR) is 63.1 cm³/mol. The van der Waals surface area contributed by atoms with Crippen molar-refractivity contribution in [3.63, 3.8) is 0 Å². The van der Waals surface area contributed by atoms with Crippen LogP contribution < -0.4 is 16.4 Å². The van der Waals surface area contributed by atoms with Crippen molar-refractivity contribution in [3.8, 4) is 0 Å². The van der Waals surface area contributed by atoms with Crippen LogP contribution in [0.2, 0.25) is 0 Å². The van der Waals surface area contributed by atoms with Crippen LogP contribution in [0.1, 0.15) is 26.2 Å². The first kappa shape index (κ1) is 13.4. The van der Waals surface area contributed by atoms with E-state index in [-0.39, 0.29) is 11.9 Å². The summed E-state index contributed by atoms with van der Waals surface area (Å²) in [6.45, 7) is 4.71. The fourth-order valence-electron chi connectivity index (χ4n) is 1.84. The third kappa shape index (κ3) is 4.92. The van der Waals surface area contributed by atoms with E-state index in [9.17, 15) is 4.79 Å². The predicted octanol–water partition coefficient (Wildman–Crippen LogP) is -0.391. The SMILES string of the molecule is CCNC(=O)CC(CN)NCC1CCCO1. The van der Waals surface area contributed by atoms with E-state index in [1.165, 1.54) is 0 Å². The molecule has 0 aliphatic carbocycles. The average molecular weight is 229 g/mol. The van der Waals surface area contributed by atoms with Crippen molar-refractivity contribution >= 4 is 5.91 Å². The summed E-state index contributed by atoms with van der Waals surface area (Å²) in [7, 11) is 0. The first-order valence-electron chi connectivity index (χ1n) is 6.08. The fraction of sp³-hybridized carbons (Fsp3) is 0.909. The van der Waals surface area contributed by atoms with E-state index >= 15 is 0 Å². The van der Waals surface area contributed by atoms with Gasteiger partial charge in [-0.1, -0.05) is 0 Å². The Morgan fingerprint density at radius 2 is 2.44 bits per heavy atom. The number of carbonyl (C=O) groups is 1. The molecule has 0 radical (unpaired) electrons. The molecule has 1 rings (SSSR count). The van der Waals surface area contributed by atoms with Crippen molar-refractivity contribution in [2.24, 2.45) is 5.73 Å². The lowest BCUT2D eigenvalue weighted by Gasteiger charge is -2.18. The van der Waals surface area contributed by atoms with Crippen LogP contribution in [-0.2, 0) is 9.53 Å². The summed E-state index contributed by atoms with van der Waals surface area (Å²) in [4.78, 5) is 11.4. The van der Waals surface area contributed by atoms with Gasteiger partial charge in [-0.3, -0.25) is 4.79 Å². The van der Waals surface area contributed by atoms with Crippen molar-refractivity contribution in [3.05, 3.63) is 0 Å². The van der Waals surface area contributed by atoms with Gasteiger partial charge in [0, 0.05) is 38.7 Å². The summed E-state index contributed by atoms with van der Waals surface area (Å²) in [5.74, 6) is 0.0535. The molecular formula is C11H23N3O2. The normalized spacial score (nSPS) is 22.0. The van der Waals surface area contributed by atoms with Crippen LogP contribution in [0.3, 0.4) is 0 Å². The molecule has 0 aromatic heterocycles. The molecular weight excluding hydrogens is 206 g/mol. The van der Waals surface area contributed by atoms with Crippen LogP contribution >= 0.6 is 0 Å². The minimum atomic E-state index is 0.0516. The first-order chi connectivity index (χ1) is 7.76. The third-order valence-electron chi connectivity index (χ3n) is 2.75. The van der Waals surface area contributed by atoms with Gasteiger partial charge in [0.25, 0.3) is 0 Å². The average Bonchev–Trinajstić information content (AvgIpc) is 2.77. The van der Waals surface area contributed by atoms with Crippen molar-refractivity contribution < 1.29 is 9.53 Å². The van der Waals surface area contributed by atoms with Gasteiger partial charge in [-0.25, -0.2) is 0 Å². The molecule has 0 spiro atoms. The van der Waals surface area contributed by atoms with Gasteiger partial charge in [-0.05, 0) is 19.8 Å². The Kier molecular flexibility index (Phi) is 6.37. The van der Waals surface area contributed by atoms with E-state index in [2.05, 4.69) is 10.6 Å². The molecule has 4 N–H and O–H groups in total. The Balaban J connectivity index is 2.17. The molecule has 2 unspecified atom stereocenters. The van der Waals surface area contributed by atoms with Gasteiger partial charge in [-0.2, -0.15) is 0 Å².